The topological polar surface area (TPSA) is 356 Å². The van der Waals surface area contributed by atoms with Crippen LogP contribution in [0.25, 0.3) is 0 Å². The molecular formula is C61H116N2O20. The van der Waals surface area contributed by atoms with Crippen molar-refractivity contribution < 1.29 is 99.3 Å². The fourth-order valence-corrected chi connectivity index (χ4v) is 11.4. The number of hydrogen-bond acceptors (Lipinski definition) is 20. The van der Waals surface area contributed by atoms with Crippen LogP contribution in [0.4, 0.5) is 0 Å². The highest BCUT2D eigenvalue weighted by molar-refractivity contribution is 5.80. The second-order valence-corrected chi connectivity index (χ2v) is 23.9. The van der Waals surface area contributed by atoms with Crippen molar-refractivity contribution >= 4 is 11.8 Å². The summed E-state index contributed by atoms with van der Waals surface area (Å²) in [5.41, 5.74) is 0. The van der Waals surface area contributed by atoms with Crippen molar-refractivity contribution in [3.63, 3.8) is 0 Å². The molecule has 0 unspecified atom stereocenters. The monoisotopic (exact) mass is 1200 g/mol. The van der Waals surface area contributed by atoms with Gasteiger partial charge in [0.1, 0.15) is 85.4 Å². The Hall–Kier alpha value is -1.78. The van der Waals surface area contributed by atoms with E-state index in [2.05, 4.69) is 24.5 Å². The van der Waals surface area contributed by atoms with Crippen molar-refractivity contribution in [1.29, 1.82) is 0 Å². The molecule has 3 saturated heterocycles. The van der Waals surface area contributed by atoms with E-state index in [0.29, 0.717) is 12.8 Å². The van der Waals surface area contributed by atoms with Gasteiger partial charge < -0.3 is 100 Å². The van der Waals surface area contributed by atoms with Crippen LogP contribution in [0.3, 0.4) is 0 Å². The van der Waals surface area contributed by atoms with Crippen molar-refractivity contribution in [2.24, 2.45) is 0 Å². The molecule has 3 fully saturated rings. The zero-order valence-corrected chi connectivity index (χ0v) is 50.8. The maximum Gasteiger partial charge on any atom is 0.249 e. The van der Waals surface area contributed by atoms with Crippen molar-refractivity contribution in [1.82, 2.24) is 10.6 Å². The predicted octanol–water partition coefficient (Wildman–Crippen LogP) is 4.08. The summed E-state index contributed by atoms with van der Waals surface area (Å²) in [6.07, 6.45) is 6.56. The number of amides is 2. The van der Waals surface area contributed by atoms with Crippen LogP contribution >= 0.6 is 0 Å². The van der Waals surface area contributed by atoms with Gasteiger partial charge in [0.25, 0.3) is 0 Å². The highest BCUT2D eigenvalue weighted by Gasteiger charge is 2.55. The van der Waals surface area contributed by atoms with Crippen LogP contribution < -0.4 is 10.6 Å². The Morgan fingerprint density at radius 3 is 1.25 bits per heavy atom. The third-order valence-electron chi connectivity index (χ3n) is 16.8. The number of hydrogen-bond donors (Lipinski definition) is 14. The smallest absolute Gasteiger partial charge is 0.249 e. The summed E-state index contributed by atoms with van der Waals surface area (Å²) < 4.78 is 36.0. The van der Waals surface area contributed by atoms with Crippen LogP contribution in [-0.4, -0.2) is 216 Å². The Bertz CT molecular complexity index is 1630. The average molecular weight is 1200 g/mol. The first kappa shape index (κ1) is 75.5. The van der Waals surface area contributed by atoms with Crippen LogP contribution in [0.1, 0.15) is 233 Å². The standard InChI is InChI=1S/C61H116N2O20/c1-4-6-8-10-12-14-16-17-18-19-20-21-22-23-24-25-26-28-30-32-34-36-44(69)58(77)63-42(49(70)43(68)35-33-31-29-27-15-13-11-9-7-5-2)40-78-61-57(83-60-55(76)54(75)51(72)46(38-65)80-60)56(52(73)47(39-66)81-61)82-59-48(62-41(3)67)53(74)50(71)45(37-64)79-59/h42-57,59-61,64-66,68-76H,4-40H2,1-3H3,(H,62,67)(H,63,77)/t42-,43+,44+,45+,46+,47+,48+,49-,50-,51-,52-,53+,54-,55+,56-,57+,59+,60+,61-/m0/s1. The Morgan fingerprint density at radius 1 is 0.446 bits per heavy atom. The third kappa shape index (κ3) is 28.1. The largest absolute Gasteiger partial charge is 0.394 e. The van der Waals surface area contributed by atoms with E-state index in [0.717, 1.165) is 64.7 Å². The molecule has 3 aliphatic heterocycles. The van der Waals surface area contributed by atoms with Crippen LogP contribution in [0.15, 0.2) is 0 Å². The van der Waals surface area contributed by atoms with Crippen LogP contribution in [-0.2, 0) is 38.0 Å². The van der Waals surface area contributed by atoms with Gasteiger partial charge in [-0.05, 0) is 12.8 Å². The summed E-state index contributed by atoms with van der Waals surface area (Å²) in [5, 5.41) is 136. The Balaban J connectivity index is 1.70. The van der Waals surface area contributed by atoms with E-state index in [9.17, 15) is 70.9 Å². The van der Waals surface area contributed by atoms with Gasteiger partial charge in [-0.2, -0.15) is 0 Å². The molecule has 0 bridgehead atoms. The number of rotatable bonds is 48. The van der Waals surface area contributed by atoms with E-state index in [1.54, 1.807) is 0 Å². The molecule has 3 rings (SSSR count). The number of carbonyl (C=O) groups excluding carboxylic acids is 2. The van der Waals surface area contributed by atoms with Crippen LogP contribution in [0.2, 0.25) is 0 Å². The lowest BCUT2D eigenvalue weighted by atomic mass is 9.95. The third-order valence-corrected chi connectivity index (χ3v) is 16.8. The molecule has 0 aromatic carbocycles. The molecule has 0 aromatic heterocycles. The van der Waals surface area contributed by atoms with Gasteiger partial charge in [0.2, 0.25) is 11.8 Å². The summed E-state index contributed by atoms with van der Waals surface area (Å²) in [7, 11) is 0. The van der Waals surface area contributed by atoms with Crippen LogP contribution in [0.5, 0.6) is 0 Å². The van der Waals surface area contributed by atoms with Crippen molar-refractivity contribution in [2.45, 2.75) is 349 Å². The van der Waals surface area contributed by atoms with Crippen molar-refractivity contribution in [3.05, 3.63) is 0 Å². The van der Waals surface area contributed by atoms with Gasteiger partial charge in [-0.1, -0.05) is 213 Å². The zero-order chi connectivity index (χ0) is 60.9. The molecule has 490 valence electrons. The van der Waals surface area contributed by atoms with Crippen molar-refractivity contribution in [2.75, 3.05) is 26.4 Å². The molecule has 83 heavy (non-hydrogen) atoms. The number of unbranched alkanes of at least 4 members (excludes halogenated alkanes) is 29. The summed E-state index contributed by atoms with van der Waals surface area (Å²) in [4.78, 5) is 26.1. The lowest BCUT2D eigenvalue weighted by Gasteiger charge is -2.49. The number of carbonyl (C=O) groups is 2. The highest BCUT2D eigenvalue weighted by Crippen LogP contribution is 2.34. The second kappa shape index (κ2) is 44.6. The zero-order valence-electron chi connectivity index (χ0n) is 50.8. The molecule has 0 spiro atoms. The molecular weight excluding hydrogens is 1080 g/mol. The molecule has 0 saturated carbocycles. The SMILES string of the molecule is CCCCCCCCCCCCCCCCCCCCCCC[C@@H](O)C(=O)N[C@@H](CO[C@H]1O[C@H](CO)[C@H](O)[C@H](O[C@H]2O[C@H](CO)[C@H](O)[C@H](O)[C@H]2NC(C)=O)[C@H]1O[C@H]1O[C@H](CO)[C@H](O)[C@H](O)[C@H]1O)[C@H](O)[C@H](O)CCCCCCCCCCCC. The normalized spacial score (nSPS) is 30.0. The molecule has 2 amide bonds. The molecule has 0 radical (unpaired) electrons. The van der Waals surface area contributed by atoms with Crippen LogP contribution in [0, 0.1) is 0 Å². The first-order valence-corrected chi connectivity index (χ1v) is 32.5. The van der Waals surface area contributed by atoms with E-state index in [1.807, 2.05) is 0 Å². The van der Waals surface area contributed by atoms with E-state index >= 15 is 0 Å². The first-order valence-electron chi connectivity index (χ1n) is 32.5. The van der Waals surface area contributed by atoms with Gasteiger partial charge in [0.05, 0.1) is 38.6 Å². The van der Waals surface area contributed by atoms with Gasteiger partial charge in [-0.3, -0.25) is 9.59 Å². The van der Waals surface area contributed by atoms with Gasteiger partial charge >= 0.3 is 0 Å². The van der Waals surface area contributed by atoms with E-state index in [4.69, 9.17) is 28.4 Å². The molecule has 0 aliphatic carbocycles. The number of aliphatic hydroxyl groups excluding tert-OH is 12. The molecule has 19 atom stereocenters. The van der Waals surface area contributed by atoms with Gasteiger partial charge in [0.15, 0.2) is 18.9 Å². The number of nitrogens with one attached hydrogen (secondary N) is 2. The summed E-state index contributed by atoms with van der Waals surface area (Å²) in [5.74, 6) is -1.56. The maximum atomic E-state index is 13.8. The molecule has 14 N–H and O–H groups in total. The number of ether oxygens (including phenoxy) is 6. The predicted molar refractivity (Wildman–Crippen MR) is 310 cm³/mol. The fraction of sp³-hybridized carbons (Fsp3) is 0.967. The quantitative estimate of drug-likeness (QED) is 0.0382. The second-order valence-electron chi connectivity index (χ2n) is 23.9. The minimum atomic E-state index is -2.03. The lowest BCUT2D eigenvalue weighted by Crippen LogP contribution is -2.69. The van der Waals surface area contributed by atoms with Gasteiger partial charge in [0, 0.05) is 6.92 Å². The Kier molecular flexibility index (Phi) is 40.6. The Morgan fingerprint density at radius 2 is 0.819 bits per heavy atom. The number of aliphatic hydroxyl groups is 12. The summed E-state index contributed by atoms with van der Waals surface area (Å²) in [6, 6.07) is -3.01. The molecule has 0 aromatic rings. The summed E-state index contributed by atoms with van der Waals surface area (Å²) >= 11 is 0. The van der Waals surface area contributed by atoms with E-state index in [-0.39, 0.29) is 12.8 Å². The minimum Gasteiger partial charge on any atom is -0.394 e. The average Bonchev–Trinajstić information content (AvgIpc) is 3.61. The highest BCUT2D eigenvalue weighted by atomic mass is 16.8. The Labute approximate surface area is 495 Å². The minimum absolute atomic E-state index is 0.122. The van der Waals surface area contributed by atoms with E-state index < -0.39 is 155 Å². The lowest BCUT2D eigenvalue weighted by molar-refractivity contribution is -0.387. The van der Waals surface area contributed by atoms with Gasteiger partial charge in [-0.25, -0.2) is 0 Å². The first-order chi connectivity index (χ1) is 40.0. The van der Waals surface area contributed by atoms with E-state index in [1.165, 1.54) is 128 Å². The molecule has 22 nitrogen and oxygen atoms in total. The van der Waals surface area contributed by atoms with Gasteiger partial charge in [-0.15, -0.1) is 0 Å². The summed E-state index contributed by atoms with van der Waals surface area (Å²) in [6.45, 7) is 2.25. The fourth-order valence-electron chi connectivity index (χ4n) is 11.4. The molecule has 3 aliphatic rings. The molecule has 22 heteroatoms. The molecule has 3 heterocycles. The maximum absolute atomic E-state index is 13.8. The van der Waals surface area contributed by atoms with Crippen molar-refractivity contribution in [3.8, 4) is 0 Å².